The maximum Gasteiger partial charge on any atom is 0.335 e. The summed E-state index contributed by atoms with van der Waals surface area (Å²) in [5, 5.41) is 73.5. The van der Waals surface area contributed by atoms with E-state index in [1.54, 1.807) is 6.92 Å². The lowest BCUT2D eigenvalue weighted by molar-refractivity contribution is -0.371. The van der Waals surface area contributed by atoms with Gasteiger partial charge in [-0.25, -0.2) is 4.79 Å². The van der Waals surface area contributed by atoms with E-state index < -0.39 is 148 Å². The highest BCUT2D eigenvalue weighted by Crippen LogP contribution is 2.42. The Balaban J connectivity index is 1.06. The molecule has 25 atom stereocenters. The van der Waals surface area contributed by atoms with Gasteiger partial charge >= 0.3 is 5.97 Å². The second-order valence-electron chi connectivity index (χ2n) is 20.1. The normalized spacial score (nSPS) is 42.6. The van der Waals surface area contributed by atoms with Crippen LogP contribution in [0.25, 0.3) is 20.9 Å². The minimum Gasteiger partial charge on any atom is -0.479 e. The molecule has 0 spiro atoms. The lowest BCUT2D eigenvalue weighted by Crippen LogP contribution is -2.65. The molecule has 0 saturated carbocycles. The predicted molar refractivity (Wildman–Crippen MR) is 256 cm³/mol. The fourth-order valence-electron chi connectivity index (χ4n) is 10.6. The first-order valence-electron chi connectivity index (χ1n) is 25.3. The van der Waals surface area contributed by atoms with Crippen LogP contribution in [0.5, 0.6) is 0 Å². The third-order valence-corrected chi connectivity index (χ3v) is 15.5. The Bertz CT molecular complexity index is 2180. The van der Waals surface area contributed by atoms with Gasteiger partial charge in [-0.1, -0.05) is 112 Å². The van der Waals surface area contributed by atoms with Crippen molar-refractivity contribution in [1.29, 1.82) is 0 Å². The fourth-order valence-corrected chi connectivity index (χ4v) is 10.6. The molecule has 0 bridgehead atoms. The molecule has 74 heavy (non-hydrogen) atoms. The van der Waals surface area contributed by atoms with Crippen molar-refractivity contribution in [2.45, 2.75) is 178 Å². The SMILES string of the molecule is CC1[C@@H](OCc2ccccc2)OC(CO)[C@@H](O[C@@H]2OC(C(=O)O)[C@@H](O[C@H]3OC(CO)[C@@H](O[C@@H]4OC(C)[C@@H](O[C@@H]5OC(CO)[C@@H](C)[C@H](C)C5N=[N+]=[N-])[C@H](C)C4OCc4ccccc4)[C@H](O)C3N=[N+]=[N-])[C@H](C)C2O)[C@@H]1C. The number of hydrogen-bond donors (Lipinski definition) is 6. The number of aliphatic carboxylic acids is 1. The van der Waals surface area contributed by atoms with Gasteiger partial charge < -0.3 is 82.7 Å². The number of azide groups is 2. The van der Waals surface area contributed by atoms with Gasteiger partial charge in [-0.15, -0.1) is 0 Å². The summed E-state index contributed by atoms with van der Waals surface area (Å²) in [5.74, 6) is -4.15. The molecule has 10 unspecified atom stereocenters. The number of aliphatic hydroxyl groups is 5. The molecular formula is C50H72N6O18. The molecule has 0 radical (unpaired) electrons. The van der Waals surface area contributed by atoms with Gasteiger partial charge in [0.2, 0.25) is 0 Å². The van der Waals surface area contributed by atoms with E-state index in [1.165, 1.54) is 6.92 Å². The lowest BCUT2D eigenvalue weighted by Gasteiger charge is -2.50. The highest BCUT2D eigenvalue weighted by atomic mass is 16.8. The molecule has 2 aromatic rings. The molecule has 5 saturated heterocycles. The summed E-state index contributed by atoms with van der Waals surface area (Å²) < 4.78 is 69.1. The Morgan fingerprint density at radius 1 is 0.514 bits per heavy atom. The topological polar surface area (TPSA) is 338 Å². The molecule has 7 rings (SSSR count). The molecule has 0 aliphatic carbocycles. The fraction of sp³-hybridized carbons (Fsp3) is 0.740. The molecule has 6 N–H and O–H groups in total. The van der Waals surface area contributed by atoms with Gasteiger partial charge in [0.25, 0.3) is 0 Å². The van der Waals surface area contributed by atoms with Crippen molar-refractivity contribution in [3.05, 3.63) is 92.7 Å². The summed E-state index contributed by atoms with van der Waals surface area (Å²) in [6, 6.07) is 16.4. The Morgan fingerprint density at radius 2 is 1.03 bits per heavy atom. The van der Waals surface area contributed by atoms with Gasteiger partial charge in [-0.05, 0) is 46.9 Å². The zero-order chi connectivity index (χ0) is 53.4. The third-order valence-electron chi connectivity index (χ3n) is 15.5. The number of rotatable bonds is 20. The first kappa shape index (κ1) is 57.6. The molecule has 24 nitrogen and oxygen atoms in total. The standard InChI is InChI=1S/C50H72N6O18/c1-23-24(2)35(53-55-51)47(67-32(23)18-57)70-39-28(6)42(64-21-30-14-10-8-11-15-30)50(66-29(39)7)73-43-34(20-59)69-48(36(38(43)61)54-56-52)72-41-27(5)37(60)49(74-44(41)45(62)63)71-40-25(3)26(4)46(68-33(40)19-58)65-22-31-16-12-9-13-17-31/h8-17,23-29,32-44,46-50,57-61H,18-22H2,1-7H3,(H,62,63)/t23-,24-,25+,26?,27+,28-,29?,32?,33?,34?,35?,36?,37?,38+,39-,40-,41-,42?,43+,44?,46-,47-,48+,49+,50-/m0/s1. The number of carboxylic acid groups (broad SMARTS) is 1. The van der Waals surface area contributed by atoms with Crippen LogP contribution in [0.3, 0.4) is 0 Å². The summed E-state index contributed by atoms with van der Waals surface area (Å²) >= 11 is 0. The van der Waals surface area contributed by atoms with E-state index in [4.69, 9.17) is 52.1 Å². The largest absolute Gasteiger partial charge is 0.479 e. The van der Waals surface area contributed by atoms with Gasteiger partial charge in [-0.2, -0.15) is 0 Å². The van der Waals surface area contributed by atoms with Crippen LogP contribution in [0.15, 0.2) is 70.9 Å². The zero-order valence-corrected chi connectivity index (χ0v) is 42.5. The smallest absolute Gasteiger partial charge is 0.335 e. The quantitative estimate of drug-likeness (QED) is 0.0621. The molecule has 5 aliphatic heterocycles. The highest BCUT2D eigenvalue weighted by Gasteiger charge is 2.56. The average Bonchev–Trinajstić information content (AvgIpc) is 3.40. The lowest BCUT2D eigenvalue weighted by atomic mass is 9.82. The van der Waals surface area contributed by atoms with Crippen LogP contribution in [-0.2, 0) is 70.1 Å². The van der Waals surface area contributed by atoms with Crippen LogP contribution in [0.2, 0.25) is 0 Å². The Kier molecular flexibility index (Phi) is 20.5. The van der Waals surface area contributed by atoms with Crippen LogP contribution in [0.1, 0.15) is 59.6 Å². The summed E-state index contributed by atoms with van der Waals surface area (Å²) in [5.41, 5.74) is 21.0. The van der Waals surface area contributed by atoms with Gasteiger partial charge in [0.1, 0.15) is 42.7 Å². The maximum atomic E-state index is 13.0. The molecule has 5 heterocycles. The second kappa shape index (κ2) is 26.3. The van der Waals surface area contributed by atoms with Crippen molar-refractivity contribution in [3.8, 4) is 0 Å². The van der Waals surface area contributed by atoms with Crippen LogP contribution in [0, 0.1) is 35.5 Å². The number of carbonyl (C=O) groups is 1. The van der Waals surface area contributed by atoms with Gasteiger partial charge in [0.15, 0.2) is 37.6 Å². The molecule has 0 amide bonds. The van der Waals surface area contributed by atoms with Gasteiger partial charge in [0.05, 0.1) is 69.6 Å². The van der Waals surface area contributed by atoms with Crippen molar-refractivity contribution < 1.29 is 87.5 Å². The Morgan fingerprint density at radius 3 is 1.62 bits per heavy atom. The molecule has 410 valence electrons. The number of nitrogens with zero attached hydrogens (tertiary/aromatic N) is 6. The highest BCUT2D eigenvalue weighted by molar-refractivity contribution is 5.73. The van der Waals surface area contributed by atoms with E-state index >= 15 is 0 Å². The molecule has 2 aromatic carbocycles. The summed E-state index contributed by atoms with van der Waals surface area (Å²) in [6.07, 6.45) is -20.8. The van der Waals surface area contributed by atoms with Crippen LogP contribution in [0.4, 0.5) is 0 Å². The number of ether oxygens (including phenoxy) is 11. The van der Waals surface area contributed by atoms with Crippen molar-refractivity contribution in [2.75, 3.05) is 19.8 Å². The second-order valence-corrected chi connectivity index (χ2v) is 20.1. The molecule has 24 heteroatoms. The summed E-state index contributed by atoms with van der Waals surface area (Å²) in [4.78, 5) is 18.9. The Hall–Kier alpha value is -4.11. The molecule has 5 aliphatic rings. The first-order chi connectivity index (χ1) is 35.5. The van der Waals surface area contributed by atoms with E-state index in [-0.39, 0.29) is 43.5 Å². The maximum absolute atomic E-state index is 13.0. The predicted octanol–water partition coefficient (Wildman–Crippen LogP) is 3.93. The van der Waals surface area contributed by atoms with E-state index in [0.29, 0.717) is 0 Å². The summed E-state index contributed by atoms with van der Waals surface area (Å²) in [7, 11) is 0. The zero-order valence-electron chi connectivity index (χ0n) is 42.5. The van der Waals surface area contributed by atoms with E-state index in [2.05, 4.69) is 20.1 Å². The van der Waals surface area contributed by atoms with Crippen LogP contribution >= 0.6 is 0 Å². The van der Waals surface area contributed by atoms with E-state index in [1.807, 2.05) is 95.3 Å². The number of hydrogen-bond acceptors (Lipinski definition) is 19. The van der Waals surface area contributed by atoms with Gasteiger partial charge in [0, 0.05) is 27.6 Å². The number of carboxylic acids is 1. The van der Waals surface area contributed by atoms with Crippen molar-refractivity contribution in [1.82, 2.24) is 0 Å². The Labute approximate surface area is 429 Å². The van der Waals surface area contributed by atoms with Crippen molar-refractivity contribution in [2.24, 2.45) is 45.7 Å². The van der Waals surface area contributed by atoms with Crippen molar-refractivity contribution in [3.63, 3.8) is 0 Å². The van der Waals surface area contributed by atoms with Gasteiger partial charge in [-0.3, -0.25) is 0 Å². The van der Waals surface area contributed by atoms with E-state index in [0.717, 1.165) is 11.1 Å². The molecule has 0 aromatic heterocycles. The van der Waals surface area contributed by atoms with Crippen LogP contribution in [-0.4, -0.2) is 173 Å². The first-order valence-corrected chi connectivity index (χ1v) is 25.3. The third kappa shape index (κ3) is 12.8. The van der Waals surface area contributed by atoms with Crippen molar-refractivity contribution >= 4 is 5.97 Å². The number of benzene rings is 2. The monoisotopic (exact) mass is 1040 g/mol. The van der Waals surface area contributed by atoms with Crippen LogP contribution < -0.4 is 0 Å². The minimum atomic E-state index is -1.82. The number of aliphatic hydroxyl groups excluding tert-OH is 5. The molecule has 5 fully saturated rings. The average molecular weight is 1050 g/mol. The minimum absolute atomic E-state index is 0.0797. The molecular weight excluding hydrogens is 973 g/mol. The summed E-state index contributed by atoms with van der Waals surface area (Å²) in [6.45, 7) is 11.4. The van der Waals surface area contributed by atoms with E-state index in [9.17, 15) is 46.5 Å².